The summed E-state index contributed by atoms with van der Waals surface area (Å²) in [6.45, 7) is 4.42. The van der Waals surface area contributed by atoms with Gasteiger partial charge in [0.25, 0.3) is 0 Å². The molecule has 0 amide bonds. The van der Waals surface area contributed by atoms with Crippen LogP contribution in [-0.4, -0.2) is 36.1 Å². The van der Waals surface area contributed by atoms with E-state index in [1.165, 1.54) is 21.6 Å². The van der Waals surface area contributed by atoms with Crippen molar-refractivity contribution in [3.63, 3.8) is 0 Å². The normalized spacial score (nSPS) is 17.9. The number of carbonyl (C=O) groups is 1. The molecule has 3 heterocycles. The van der Waals surface area contributed by atoms with Crippen molar-refractivity contribution in [1.82, 2.24) is 4.90 Å². The van der Waals surface area contributed by atoms with Crippen molar-refractivity contribution in [2.75, 3.05) is 20.1 Å². The molecular formula is C21H24ClNO3S. The van der Waals surface area contributed by atoms with Crippen LogP contribution in [-0.2, 0) is 11.4 Å². The summed E-state index contributed by atoms with van der Waals surface area (Å²) in [6.07, 6.45) is 2.08. The van der Waals surface area contributed by atoms with E-state index in [1.807, 2.05) is 18.2 Å². The Morgan fingerprint density at radius 2 is 1.96 bits per heavy atom. The van der Waals surface area contributed by atoms with Gasteiger partial charge in [-0.25, -0.2) is 0 Å². The van der Waals surface area contributed by atoms with E-state index in [1.54, 1.807) is 18.3 Å². The predicted octanol–water partition coefficient (Wildman–Crippen LogP) is 4.78. The van der Waals surface area contributed by atoms with Gasteiger partial charge in [-0.3, -0.25) is 4.79 Å². The fraction of sp³-hybridized carbons (Fsp3) is 0.381. The van der Waals surface area contributed by atoms with Crippen LogP contribution in [0.25, 0.3) is 5.57 Å². The molecule has 6 heteroatoms. The van der Waals surface area contributed by atoms with Crippen LogP contribution in [0, 0.1) is 0 Å². The van der Waals surface area contributed by atoms with Gasteiger partial charge in [0.05, 0.1) is 5.92 Å². The molecule has 0 radical (unpaired) electrons. The van der Waals surface area contributed by atoms with Crippen LogP contribution in [0.15, 0.2) is 35.2 Å². The molecule has 1 unspecified atom stereocenters. The Kier molecular flexibility index (Phi) is 5.94. The number of rotatable bonds is 2. The number of carboxylic acids is 1. The number of nitrogens with zero attached hydrogens (tertiary/aromatic N) is 1. The predicted molar refractivity (Wildman–Crippen MR) is 111 cm³/mol. The standard InChI is InChI=1S/C21H23NO3S.ClH/c1-13(21(23)24)15-3-4-18-17(11-15)20(14-5-8-22(2)9-6-14)16-7-10-26-19(16)12-25-18;/h3-4,7,10-11,13H,5-6,8-9,12H2,1-2H3,(H,23,24);1H. The van der Waals surface area contributed by atoms with Gasteiger partial charge in [-0.2, -0.15) is 0 Å². The van der Waals surface area contributed by atoms with Crippen molar-refractivity contribution in [2.45, 2.75) is 32.3 Å². The number of halogens is 1. The van der Waals surface area contributed by atoms with Gasteiger partial charge in [-0.15, -0.1) is 23.7 Å². The van der Waals surface area contributed by atoms with E-state index >= 15 is 0 Å². The zero-order valence-corrected chi connectivity index (χ0v) is 17.2. The van der Waals surface area contributed by atoms with Gasteiger partial charge in [-0.05, 0) is 67.1 Å². The van der Waals surface area contributed by atoms with Gasteiger partial charge < -0.3 is 14.7 Å². The third-order valence-electron chi connectivity index (χ3n) is 5.46. The first-order valence-electron chi connectivity index (χ1n) is 9.02. The minimum absolute atomic E-state index is 0. The number of carboxylic acid groups (broad SMARTS) is 1. The Balaban J connectivity index is 0.00000210. The van der Waals surface area contributed by atoms with Crippen LogP contribution in [0.1, 0.15) is 47.3 Å². The first kappa shape index (κ1) is 19.9. The number of fused-ring (bicyclic) bond motifs is 2. The van der Waals surface area contributed by atoms with Crippen molar-refractivity contribution < 1.29 is 14.6 Å². The summed E-state index contributed by atoms with van der Waals surface area (Å²) in [5.41, 5.74) is 5.85. The van der Waals surface area contributed by atoms with Crippen molar-refractivity contribution in [3.8, 4) is 5.75 Å². The second kappa shape index (κ2) is 8.05. The highest BCUT2D eigenvalue weighted by Crippen LogP contribution is 2.43. The first-order chi connectivity index (χ1) is 12.5. The number of thiophene rings is 1. The Bertz CT molecular complexity index is 879. The molecule has 1 atom stereocenters. The molecule has 2 aliphatic heterocycles. The lowest BCUT2D eigenvalue weighted by atomic mass is 9.87. The molecule has 2 aromatic rings. The van der Waals surface area contributed by atoms with Crippen LogP contribution in [0.4, 0.5) is 0 Å². The molecule has 1 aromatic heterocycles. The Labute approximate surface area is 169 Å². The molecule has 27 heavy (non-hydrogen) atoms. The van der Waals surface area contributed by atoms with Gasteiger partial charge in [0.1, 0.15) is 12.4 Å². The average Bonchev–Trinajstić information content (AvgIpc) is 3.04. The second-order valence-corrected chi connectivity index (χ2v) is 8.14. The van der Waals surface area contributed by atoms with E-state index in [4.69, 9.17) is 4.74 Å². The largest absolute Gasteiger partial charge is 0.487 e. The van der Waals surface area contributed by atoms with Crippen LogP contribution >= 0.6 is 23.7 Å². The third kappa shape index (κ3) is 3.77. The van der Waals surface area contributed by atoms with Crippen molar-refractivity contribution in [3.05, 3.63) is 56.8 Å². The molecule has 1 aromatic carbocycles. The highest BCUT2D eigenvalue weighted by atomic mass is 35.5. The maximum absolute atomic E-state index is 11.5. The summed E-state index contributed by atoms with van der Waals surface area (Å²) >= 11 is 1.73. The van der Waals surface area contributed by atoms with Gasteiger partial charge in [0.15, 0.2) is 0 Å². The summed E-state index contributed by atoms with van der Waals surface area (Å²) in [4.78, 5) is 15.1. The monoisotopic (exact) mass is 405 g/mol. The lowest BCUT2D eigenvalue weighted by Crippen LogP contribution is -2.26. The van der Waals surface area contributed by atoms with Gasteiger partial charge in [0, 0.05) is 23.5 Å². The van der Waals surface area contributed by atoms with Crippen LogP contribution in [0.3, 0.4) is 0 Å². The van der Waals surface area contributed by atoms with Crippen molar-refractivity contribution >= 4 is 35.3 Å². The molecule has 2 aliphatic rings. The van der Waals surface area contributed by atoms with E-state index in [2.05, 4.69) is 23.4 Å². The summed E-state index contributed by atoms with van der Waals surface area (Å²) in [5, 5.41) is 11.5. The number of ether oxygens (including phenoxy) is 1. The molecule has 0 aliphatic carbocycles. The Hall–Kier alpha value is -1.82. The number of hydrogen-bond acceptors (Lipinski definition) is 4. The SMILES string of the molecule is CC(C(=O)O)c1ccc2c(c1)C(=C1CCN(C)CC1)c1ccsc1CO2.Cl. The van der Waals surface area contributed by atoms with Crippen LogP contribution in [0.2, 0.25) is 0 Å². The highest BCUT2D eigenvalue weighted by Gasteiger charge is 2.26. The topological polar surface area (TPSA) is 49.8 Å². The minimum atomic E-state index is -0.802. The van der Waals surface area contributed by atoms with E-state index < -0.39 is 11.9 Å². The molecule has 1 fully saturated rings. The smallest absolute Gasteiger partial charge is 0.310 e. The maximum atomic E-state index is 11.5. The molecule has 4 rings (SSSR count). The lowest BCUT2D eigenvalue weighted by Gasteiger charge is -2.27. The van der Waals surface area contributed by atoms with E-state index in [9.17, 15) is 9.90 Å². The molecule has 144 valence electrons. The molecular weight excluding hydrogens is 382 g/mol. The van der Waals surface area contributed by atoms with E-state index in [-0.39, 0.29) is 12.4 Å². The highest BCUT2D eigenvalue weighted by molar-refractivity contribution is 7.10. The molecule has 0 spiro atoms. The van der Waals surface area contributed by atoms with Crippen LogP contribution in [0.5, 0.6) is 5.75 Å². The Morgan fingerprint density at radius 3 is 2.67 bits per heavy atom. The van der Waals surface area contributed by atoms with Gasteiger partial charge in [-0.1, -0.05) is 11.6 Å². The van der Waals surface area contributed by atoms with Crippen LogP contribution < -0.4 is 4.74 Å². The molecule has 1 N–H and O–H groups in total. The lowest BCUT2D eigenvalue weighted by molar-refractivity contribution is -0.138. The Morgan fingerprint density at radius 1 is 1.22 bits per heavy atom. The van der Waals surface area contributed by atoms with Gasteiger partial charge in [0.2, 0.25) is 0 Å². The maximum Gasteiger partial charge on any atom is 0.310 e. The fourth-order valence-electron chi connectivity index (χ4n) is 3.76. The fourth-order valence-corrected chi connectivity index (χ4v) is 4.56. The zero-order valence-electron chi connectivity index (χ0n) is 15.5. The molecule has 0 bridgehead atoms. The number of piperidine rings is 1. The zero-order chi connectivity index (χ0) is 18.3. The minimum Gasteiger partial charge on any atom is -0.487 e. The summed E-state index contributed by atoms with van der Waals surface area (Å²) in [5.74, 6) is -0.477. The molecule has 0 saturated carbocycles. The molecule has 4 nitrogen and oxygen atoms in total. The second-order valence-electron chi connectivity index (χ2n) is 7.14. The quantitative estimate of drug-likeness (QED) is 0.781. The van der Waals surface area contributed by atoms with E-state index in [0.29, 0.717) is 6.61 Å². The number of benzene rings is 1. The average molecular weight is 406 g/mol. The first-order valence-corrected chi connectivity index (χ1v) is 9.90. The number of likely N-dealkylation sites (tertiary alicyclic amines) is 1. The summed E-state index contributed by atoms with van der Waals surface area (Å²) in [7, 11) is 2.16. The van der Waals surface area contributed by atoms with Crippen molar-refractivity contribution in [1.29, 1.82) is 0 Å². The van der Waals surface area contributed by atoms with E-state index in [0.717, 1.165) is 42.8 Å². The number of hydrogen-bond donors (Lipinski definition) is 1. The molecule has 1 saturated heterocycles. The summed E-state index contributed by atoms with van der Waals surface area (Å²) in [6, 6.07) is 8.04. The summed E-state index contributed by atoms with van der Waals surface area (Å²) < 4.78 is 6.09. The van der Waals surface area contributed by atoms with Crippen molar-refractivity contribution in [2.24, 2.45) is 0 Å². The third-order valence-corrected chi connectivity index (χ3v) is 6.36. The number of aliphatic carboxylic acids is 1. The van der Waals surface area contributed by atoms with Gasteiger partial charge >= 0.3 is 5.97 Å².